The minimum Gasteiger partial charge on any atom is -0.463 e. The van der Waals surface area contributed by atoms with E-state index in [-0.39, 0.29) is 6.61 Å². The molecule has 1 N–H and O–H groups in total. The Balaban J connectivity index is 1.93. The number of aromatic nitrogens is 5. The second-order valence-corrected chi connectivity index (χ2v) is 6.06. The van der Waals surface area contributed by atoms with Gasteiger partial charge >= 0.3 is 5.97 Å². The molecule has 0 saturated heterocycles. The molecule has 0 fully saturated rings. The van der Waals surface area contributed by atoms with Crippen LogP contribution in [0, 0.1) is 0 Å². The highest BCUT2D eigenvalue weighted by molar-refractivity contribution is 5.93. The second-order valence-electron chi connectivity index (χ2n) is 6.06. The maximum atomic E-state index is 12.8. The van der Waals surface area contributed by atoms with Crippen LogP contribution in [0.1, 0.15) is 25.5 Å². The zero-order chi connectivity index (χ0) is 18.8. The SMILES string of the molecule is CCOC(=O)C1=C(C)Nc2nnnn2C1c1ccccc1-c1cccnc1. The first-order valence-electron chi connectivity index (χ1n) is 8.62. The zero-order valence-electron chi connectivity index (χ0n) is 15.0. The molecule has 8 nitrogen and oxygen atoms in total. The molecule has 0 aliphatic carbocycles. The van der Waals surface area contributed by atoms with Crippen LogP contribution in [0.3, 0.4) is 0 Å². The summed E-state index contributed by atoms with van der Waals surface area (Å²) in [5, 5.41) is 15.0. The van der Waals surface area contributed by atoms with Crippen molar-refractivity contribution >= 4 is 11.9 Å². The molecule has 3 aromatic rings. The fourth-order valence-corrected chi connectivity index (χ4v) is 3.29. The molecule has 8 heteroatoms. The first kappa shape index (κ1) is 16.9. The number of esters is 1. The molecule has 3 heterocycles. The van der Waals surface area contributed by atoms with Gasteiger partial charge in [-0.15, -0.1) is 0 Å². The highest BCUT2D eigenvalue weighted by atomic mass is 16.5. The van der Waals surface area contributed by atoms with Gasteiger partial charge in [0.05, 0.1) is 12.2 Å². The number of hydrogen-bond acceptors (Lipinski definition) is 7. The van der Waals surface area contributed by atoms with Crippen molar-refractivity contribution in [2.24, 2.45) is 0 Å². The van der Waals surface area contributed by atoms with Crippen LogP contribution >= 0.6 is 0 Å². The van der Waals surface area contributed by atoms with Crippen molar-refractivity contribution in [2.75, 3.05) is 11.9 Å². The minimum atomic E-state index is -0.508. The van der Waals surface area contributed by atoms with Gasteiger partial charge in [0.25, 0.3) is 0 Å². The third-order valence-electron chi connectivity index (χ3n) is 4.44. The van der Waals surface area contributed by atoms with Gasteiger partial charge in [-0.2, -0.15) is 4.68 Å². The summed E-state index contributed by atoms with van der Waals surface area (Å²) in [6.45, 7) is 3.89. The average Bonchev–Trinajstić information content (AvgIpc) is 3.15. The van der Waals surface area contributed by atoms with E-state index in [1.165, 1.54) is 0 Å². The lowest BCUT2D eigenvalue weighted by atomic mass is 9.90. The molecule has 0 saturated carbocycles. The van der Waals surface area contributed by atoms with Crippen molar-refractivity contribution in [3.8, 4) is 11.1 Å². The van der Waals surface area contributed by atoms with Crippen LogP contribution in [0.4, 0.5) is 5.95 Å². The van der Waals surface area contributed by atoms with Crippen molar-refractivity contribution in [1.29, 1.82) is 0 Å². The Morgan fingerprint density at radius 2 is 2.11 bits per heavy atom. The summed E-state index contributed by atoms with van der Waals surface area (Å²) in [5.74, 6) is 0.0844. The summed E-state index contributed by atoms with van der Waals surface area (Å²) in [6.07, 6.45) is 3.52. The number of rotatable bonds is 4. The number of fused-ring (bicyclic) bond motifs is 1. The molecule has 1 unspecified atom stereocenters. The topological polar surface area (TPSA) is 94.8 Å². The van der Waals surface area contributed by atoms with Crippen molar-refractivity contribution in [3.63, 3.8) is 0 Å². The molecule has 4 rings (SSSR count). The molecule has 136 valence electrons. The van der Waals surface area contributed by atoms with Crippen molar-refractivity contribution in [1.82, 2.24) is 25.2 Å². The third kappa shape index (κ3) is 2.95. The van der Waals surface area contributed by atoms with Gasteiger partial charge in [-0.25, -0.2) is 4.79 Å². The number of ether oxygens (including phenoxy) is 1. The number of nitrogens with one attached hydrogen (secondary N) is 1. The van der Waals surface area contributed by atoms with Crippen LogP contribution in [-0.4, -0.2) is 37.8 Å². The van der Waals surface area contributed by atoms with E-state index in [4.69, 9.17) is 4.74 Å². The quantitative estimate of drug-likeness (QED) is 0.713. The lowest BCUT2D eigenvalue weighted by molar-refractivity contribution is -0.139. The van der Waals surface area contributed by atoms with Crippen LogP contribution in [0.2, 0.25) is 0 Å². The Kier molecular flexibility index (Phi) is 4.37. The van der Waals surface area contributed by atoms with Gasteiger partial charge in [0.15, 0.2) is 0 Å². The standard InChI is InChI=1S/C19H18N6O2/c1-3-27-18(26)16-12(2)21-19-22-23-24-25(19)17(16)15-9-5-4-8-14(15)13-7-6-10-20-11-13/h4-11,17H,3H2,1-2H3,(H,21,22,24). The smallest absolute Gasteiger partial charge is 0.338 e. The lowest BCUT2D eigenvalue weighted by Gasteiger charge is -2.28. The number of benzene rings is 1. The monoisotopic (exact) mass is 362 g/mol. The van der Waals surface area contributed by atoms with E-state index in [0.717, 1.165) is 16.7 Å². The Hall–Kier alpha value is -3.55. The normalized spacial score (nSPS) is 15.9. The van der Waals surface area contributed by atoms with Crippen LogP contribution in [0.15, 0.2) is 60.1 Å². The largest absolute Gasteiger partial charge is 0.463 e. The van der Waals surface area contributed by atoms with Gasteiger partial charge in [-0.3, -0.25) is 4.98 Å². The molecular weight excluding hydrogens is 344 g/mol. The minimum absolute atomic E-state index is 0.287. The lowest BCUT2D eigenvalue weighted by Crippen LogP contribution is -2.30. The molecule has 0 amide bonds. The molecule has 0 bridgehead atoms. The van der Waals surface area contributed by atoms with Crippen molar-refractivity contribution in [3.05, 3.63) is 65.6 Å². The Bertz CT molecular complexity index is 1010. The highest BCUT2D eigenvalue weighted by Gasteiger charge is 2.36. The predicted octanol–water partition coefficient (Wildman–Crippen LogP) is 2.59. The molecule has 0 radical (unpaired) electrons. The van der Waals surface area contributed by atoms with E-state index in [0.29, 0.717) is 17.2 Å². The first-order valence-corrected chi connectivity index (χ1v) is 8.62. The van der Waals surface area contributed by atoms with Gasteiger partial charge in [-0.05, 0) is 41.5 Å². The van der Waals surface area contributed by atoms with Gasteiger partial charge in [0, 0.05) is 23.7 Å². The first-order chi connectivity index (χ1) is 13.2. The van der Waals surface area contributed by atoms with Crippen molar-refractivity contribution < 1.29 is 9.53 Å². The molecule has 1 aliphatic rings. The number of carbonyl (C=O) groups excluding carboxylic acids is 1. The number of anilines is 1. The zero-order valence-corrected chi connectivity index (χ0v) is 15.0. The molecule has 1 atom stereocenters. The van der Waals surface area contributed by atoms with Gasteiger partial charge in [0.1, 0.15) is 6.04 Å². The van der Waals surface area contributed by atoms with E-state index < -0.39 is 12.0 Å². The predicted molar refractivity (Wildman–Crippen MR) is 98.6 cm³/mol. The molecular formula is C19H18N6O2. The number of hydrogen-bond donors (Lipinski definition) is 1. The van der Waals surface area contributed by atoms with E-state index >= 15 is 0 Å². The van der Waals surface area contributed by atoms with Crippen LogP contribution in [0.25, 0.3) is 11.1 Å². The second kappa shape index (κ2) is 6.99. The van der Waals surface area contributed by atoms with E-state index in [1.54, 1.807) is 24.0 Å². The summed E-state index contributed by atoms with van der Waals surface area (Å²) in [7, 11) is 0. The summed E-state index contributed by atoms with van der Waals surface area (Å²) < 4.78 is 6.92. The maximum absolute atomic E-state index is 12.8. The third-order valence-corrected chi connectivity index (χ3v) is 4.44. The van der Waals surface area contributed by atoms with Gasteiger partial charge < -0.3 is 10.1 Å². The van der Waals surface area contributed by atoms with Crippen LogP contribution < -0.4 is 5.32 Å². The van der Waals surface area contributed by atoms with Crippen molar-refractivity contribution in [2.45, 2.75) is 19.9 Å². The summed E-state index contributed by atoms with van der Waals surface area (Å²) in [5.41, 5.74) is 3.94. The molecule has 2 aromatic heterocycles. The Morgan fingerprint density at radius 1 is 1.26 bits per heavy atom. The summed E-state index contributed by atoms with van der Waals surface area (Å²) >= 11 is 0. The molecule has 0 spiro atoms. The van der Waals surface area contributed by atoms with Crippen LogP contribution in [0.5, 0.6) is 0 Å². The number of tetrazole rings is 1. The molecule has 1 aliphatic heterocycles. The van der Waals surface area contributed by atoms with Crippen LogP contribution in [-0.2, 0) is 9.53 Å². The number of nitrogens with zero attached hydrogens (tertiary/aromatic N) is 5. The summed E-state index contributed by atoms with van der Waals surface area (Å²) in [4.78, 5) is 17.0. The Labute approximate surface area is 155 Å². The Morgan fingerprint density at radius 3 is 2.89 bits per heavy atom. The number of allylic oxidation sites excluding steroid dienone is 1. The molecule has 27 heavy (non-hydrogen) atoms. The van der Waals surface area contributed by atoms with E-state index in [2.05, 4.69) is 25.8 Å². The van der Waals surface area contributed by atoms with Gasteiger partial charge in [0.2, 0.25) is 5.95 Å². The summed E-state index contributed by atoms with van der Waals surface area (Å²) in [6, 6.07) is 11.2. The van der Waals surface area contributed by atoms with E-state index in [9.17, 15) is 4.79 Å². The fraction of sp³-hybridized carbons (Fsp3) is 0.211. The maximum Gasteiger partial charge on any atom is 0.338 e. The highest BCUT2D eigenvalue weighted by Crippen LogP contribution is 2.39. The average molecular weight is 362 g/mol. The van der Waals surface area contributed by atoms with E-state index in [1.807, 2.05) is 43.3 Å². The van der Waals surface area contributed by atoms with Gasteiger partial charge in [-0.1, -0.05) is 35.4 Å². The molecule has 1 aromatic carbocycles. The number of pyridine rings is 1. The number of carbonyl (C=O) groups is 1. The fourth-order valence-electron chi connectivity index (χ4n) is 3.29.